The molecule has 0 amide bonds. The molecule has 1 aliphatic carbocycles. The molecule has 2 aromatic rings. The molecule has 1 aromatic heterocycles. The Morgan fingerprint density at radius 3 is 2.55 bits per heavy atom. The van der Waals surface area contributed by atoms with Crippen LogP contribution in [0, 0.1) is 0 Å². The van der Waals surface area contributed by atoms with Crippen LogP contribution < -0.4 is 11.2 Å². The Labute approximate surface area is 133 Å². The van der Waals surface area contributed by atoms with Gasteiger partial charge in [0.05, 0.1) is 0 Å². The first kappa shape index (κ1) is 15.1. The van der Waals surface area contributed by atoms with Crippen molar-refractivity contribution in [3.63, 3.8) is 0 Å². The molecule has 5 heteroatoms. The third kappa shape index (κ3) is 3.17. The van der Waals surface area contributed by atoms with Crippen molar-refractivity contribution in [3.05, 3.63) is 67.4 Å². The van der Waals surface area contributed by atoms with Crippen molar-refractivity contribution >= 4 is 11.6 Å². The normalized spacial score (nSPS) is 15.9. The Balaban J connectivity index is 1.96. The van der Waals surface area contributed by atoms with Gasteiger partial charge in [0.25, 0.3) is 5.56 Å². The zero-order valence-electron chi connectivity index (χ0n) is 12.3. The fourth-order valence-electron chi connectivity index (χ4n) is 3.13. The molecule has 1 fully saturated rings. The maximum Gasteiger partial charge on any atom is 0.328 e. The van der Waals surface area contributed by atoms with Crippen LogP contribution in [0.3, 0.4) is 0 Å². The maximum atomic E-state index is 12.1. The molecule has 1 saturated carbocycles. The van der Waals surface area contributed by atoms with Gasteiger partial charge in [-0.05, 0) is 24.5 Å². The van der Waals surface area contributed by atoms with E-state index in [0.717, 1.165) is 31.2 Å². The standard InChI is InChI=1S/C17H19ClN2O2/c18-15-9-5-4-6-12(15)10-13-11-20(17(22)19-16(13)21)14-7-2-1-3-8-14/h4-6,9,11,14H,1-3,7-8,10H2,(H,19,21,22). The Morgan fingerprint density at radius 2 is 1.82 bits per heavy atom. The largest absolute Gasteiger partial charge is 0.328 e. The monoisotopic (exact) mass is 318 g/mol. The van der Waals surface area contributed by atoms with Gasteiger partial charge in [0.1, 0.15) is 0 Å². The minimum absolute atomic E-state index is 0.197. The zero-order chi connectivity index (χ0) is 15.5. The van der Waals surface area contributed by atoms with Crippen LogP contribution in [0.1, 0.15) is 49.3 Å². The summed E-state index contributed by atoms with van der Waals surface area (Å²) in [6, 6.07) is 7.66. The number of hydrogen-bond donors (Lipinski definition) is 1. The van der Waals surface area contributed by atoms with Crippen molar-refractivity contribution in [2.24, 2.45) is 0 Å². The molecular weight excluding hydrogens is 300 g/mol. The molecule has 1 aliphatic rings. The molecule has 22 heavy (non-hydrogen) atoms. The summed E-state index contributed by atoms with van der Waals surface area (Å²) in [6.07, 6.45) is 7.64. The summed E-state index contributed by atoms with van der Waals surface area (Å²) >= 11 is 6.17. The first-order chi connectivity index (χ1) is 10.6. The van der Waals surface area contributed by atoms with Gasteiger partial charge in [-0.2, -0.15) is 0 Å². The molecule has 0 spiro atoms. The number of nitrogens with zero attached hydrogens (tertiary/aromatic N) is 1. The first-order valence-corrected chi connectivity index (χ1v) is 8.10. The highest BCUT2D eigenvalue weighted by molar-refractivity contribution is 6.31. The van der Waals surface area contributed by atoms with Gasteiger partial charge in [0.2, 0.25) is 0 Å². The number of H-pyrrole nitrogens is 1. The third-order valence-corrected chi connectivity index (χ3v) is 4.72. The van der Waals surface area contributed by atoms with Crippen molar-refractivity contribution in [1.29, 1.82) is 0 Å². The van der Waals surface area contributed by atoms with Crippen molar-refractivity contribution < 1.29 is 0 Å². The molecule has 4 nitrogen and oxygen atoms in total. The average Bonchev–Trinajstić information content (AvgIpc) is 2.53. The minimum Gasteiger partial charge on any atom is -0.297 e. The quantitative estimate of drug-likeness (QED) is 0.944. The molecule has 0 atom stereocenters. The highest BCUT2D eigenvalue weighted by Gasteiger charge is 2.18. The second kappa shape index (κ2) is 6.53. The molecule has 1 aromatic carbocycles. The highest BCUT2D eigenvalue weighted by Crippen LogP contribution is 2.27. The fraction of sp³-hybridized carbons (Fsp3) is 0.412. The molecule has 0 unspecified atom stereocenters. The Kier molecular flexibility index (Phi) is 4.48. The molecule has 116 valence electrons. The SMILES string of the molecule is O=c1[nH]c(=O)n(C2CCCCC2)cc1Cc1ccccc1Cl. The van der Waals surface area contributed by atoms with Crippen LogP contribution in [-0.4, -0.2) is 9.55 Å². The predicted molar refractivity (Wildman–Crippen MR) is 87.7 cm³/mol. The first-order valence-electron chi connectivity index (χ1n) is 7.73. The van der Waals surface area contributed by atoms with Crippen LogP contribution in [0.15, 0.2) is 40.1 Å². The maximum absolute atomic E-state index is 12.1. The summed E-state index contributed by atoms with van der Waals surface area (Å²) in [4.78, 5) is 26.6. The Morgan fingerprint density at radius 1 is 1.09 bits per heavy atom. The molecular formula is C17H19ClN2O2. The van der Waals surface area contributed by atoms with Crippen molar-refractivity contribution in [3.8, 4) is 0 Å². The third-order valence-electron chi connectivity index (χ3n) is 4.35. The second-order valence-electron chi connectivity index (χ2n) is 5.88. The van der Waals surface area contributed by atoms with E-state index >= 15 is 0 Å². The molecule has 1 N–H and O–H groups in total. The lowest BCUT2D eigenvalue weighted by Crippen LogP contribution is -2.34. The lowest BCUT2D eigenvalue weighted by Gasteiger charge is -2.24. The minimum atomic E-state index is -0.322. The van der Waals surface area contributed by atoms with Crippen LogP contribution in [0.4, 0.5) is 0 Å². The Bertz CT molecular complexity index is 773. The van der Waals surface area contributed by atoms with Gasteiger partial charge < -0.3 is 0 Å². The molecule has 0 bridgehead atoms. The summed E-state index contributed by atoms with van der Waals surface area (Å²) in [6.45, 7) is 0. The van der Waals surface area contributed by atoms with Gasteiger partial charge in [-0.25, -0.2) is 4.79 Å². The second-order valence-corrected chi connectivity index (χ2v) is 6.29. The van der Waals surface area contributed by atoms with E-state index in [9.17, 15) is 9.59 Å². The number of benzene rings is 1. The fourth-order valence-corrected chi connectivity index (χ4v) is 3.33. The van der Waals surface area contributed by atoms with E-state index in [4.69, 9.17) is 11.6 Å². The Hall–Kier alpha value is -1.81. The van der Waals surface area contributed by atoms with Crippen molar-refractivity contribution in [1.82, 2.24) is 9.55 Å². The number of nitrogens with one attached hydrogen (secondary N) is 1. The van der Waals surface area contributed by atoms with E-state index in [-0.39, 0.29) is 17.3 Å². The topological polar surface area (TPSA) is 54.9 Å². The van der Waals surface area contributed by atoms with E-state index in [1.54, 1.807) is 10.8 Å². The van der Waals surface area contributed by atoms with E-state index in [0.29, 0.717) is 17.0 Å². The number of hydrogen-bond acceptors (Lipinski definition) is 2. The van der Waals surface area contributed by atoms with E-state index in [1.165, 1.54) is 6.42 Å². The zero-order valence-corrected chi connectivity index (χ0v) is 13.1. The van der Waals surface area contributed by atoms with Gasteiger partial charge in [0.15, 0.2) is 0 Å². The van der Waals surface area contributed by atoms with Crippen molar-refractivity contribution in [2.45, 2.75) is 44.6 Å². The van der Waals surface area contributed by atoms with Crippen LogP contribution in [0.25, 0.3) is 0 Å². The highest BCUT2D eigenvalue weighted by atomic mass is 35.5. The molecule has 1 heterocycles. The van der Waals surface area contributed by atoms with Gasteiger partial charge in [-0.3, -0.25) is 14.3 Å². The predicted octanol–water partition coefficient (Wildman–Crippen LogP) is 3.29. The van der Waals surface area contributed by atoms with Crippen LogP contribution in [0.2, 0.25) is 5.02 Å². The number of aromatic amines is 1. The van der Waals surface area contributed by atoms with Gasteiger partial charge in [-0.1, -0.05) is 49.1 Å². The van der Waals surface area contributed by atoms with Gasteiger partial charge >= 0.3 is 5.69 Å². The van der Waals surface area contributed by atoms with Crippen molar-refractivity contribution in [2.75, 3.05) is 0 Å². The molecule has 0 aliphatic heterocycles. The number of halogens is 1. The lowest BCUT2D eigenvalue weighted by molar-refractivity contribution is 0.341. The van der Waals surface area contributed by atoms with E-state index in [2.05, 4.69) is 4.98 Å². The molecule has 0 radical (unpaired) electrons. The number of aromatic nitrogens is 2. The van der Waals surface area contributed by atoms with E-state index in [1.807, 2.05) is 24.3 Å². The summed E-state index contributed by atoms with van der Waals surface area (Å²) < 4.78 is 1.70. The summed E-state index contributed by atoms with van der Waals surface area (Å²) in [5, 5.41) is 0.636. The number of rotatable bonds is 3. The lowest BCUT2D eigenvalue weighted by atomic mass is 9.95. The van der Waals surface area contributed by atoms with Gasteiger partial charge in [-0.15, -0.1) is 0 Å². The average molecular weight is 319 g/mol. The summed E-state index contributed by atoms with van der Waals surface area (Å²) in [5.74, 6) is 0. The molecule has 3 rings (SSSR count). The molecule has 0 saturated heterocycles. The van der Waals surface area contributed by atoms with Gasteiger partial charge in [0, 0.05) is 29.2 Å². The van der Waals surface area contributed by atoms with E-state index < -0.39 is 0 Å². The van der Waals surface area contributed by atoms with Crippen LogP contribution >= 0.6 is 11.6 Å². The van der Waals surface area contributed by atoms with Crippen LogP contribution in [-0.2, 0) is 6.42 Å². The summed E-state index contributed by atoms with van der Waals surface area (Å²) in [5.41, 5.74) is 0.846. The van der Waals surface area contributed by atoms with Crippen LogP contribution in [0.5, 0.6) is 0 Å². The summed E-state index contributed by atoms with van der Waals surface area (Å²) in [7, 11) is 0. The smallest absolute Gasteiger partial charge is 0.297 e.